The van der Waals surface area contributed by atoms with Gasteiger partial charge in [0.1, 0.15) is 23.2 Å². The van der Waals surface area contributed by atoms with E-state index in [0.717, 1.165) is 36.7 Å². The molecule has 0 spiro atoms. The highest BCUT2D eigenvalue weighted by atomic mass is 16.7. The van der Waals surface area contributed by atoms with Gasteiger partial charge >= 0.3 is 0 Å². The van der Waals surface area contributed by atoms with Crippen LogP contribution < -0.4 is 20.7 Å². The number of nitrogens with one attached hydrogen (secondary N) is 3. The molecule has 5 aliphatic rings. The Morgan fingerprint density at radius 1 is 1.12 bits per heavy atom. The van der Waals surface area contributed by atoms with Crippen LogP contribution in [0.2, 0.25) is 0 Å². The Bertz CT molecular complexity index is 1230. The summed E-state index contributed by atoms with van der Waals surface area (Å²) in [4.78, 5) is 9.08. The monoisotopic (exact) mass is 546 g/mol. The predicted octanol–water partition coefficient (Wildman–Crippen LogP) is 4.71. The topological polar surface area (TPSA) is 113 Å². The second-order valence-corrected chi connectivity index (χ2v) is 12.8. The van der Waals surface area contributed by atoms with Crippen LogP contribution >= 0.6 is 0 Å². The minimum Gasteiger partial charge on any atom is -0.496 e. The van der Waals surface area contributed by atoms with Crippen molar-refractivity contribution in [3.8, 4) is 11.8 Å². The third-order valence-electron chi connectivity index (χ3n) is 9.48. The average molecular weight is 547 g/mol. The smallest absolute Gasteiger partial charge is 0.224 e. The van der Waals surface area contributed by atoms with E-state index in [-0.39, 0.29) is 11.5 Å². The molecular formula is C31H42N6O3. The molecule has 5 fully saturated rings. The lowest BCUT2D eigenvalue weighted by Crippen LogP contribution is -2.59. The molecule has 3 unspecified atom stereocenters. The van der Waals surface area contributed by atoms with E-state index in [4.69, 9.17) is 19.2 Å². The molecule has 214 valence electrons. The summed E-state index contributed by atoms with van der Waals surface area (Å²) < 4.78 is 17.2. The minimum atomic E-state index is -0.450. The number of benzene rings is 1. The van der Waals surface area contributed by atoms with Crippen molar-refractivity contribution in [3.05, 3.63) is 41.6 Å². The van der Waals surface area contributed by atoms with Gasteiger partial charge in [-0.05, 0) is 88.2 Å². The number of anilines is 2. The summed E-state index contributed by atoms with van der Waals surface area (Å²) in [5.74, 6) is 3.72. The van der Waals surface area contributed by atoms with Crippen LogP contribution in [-0.4, -0.2) is 54.7 Å². The van der Waals surface area contributed by atoms with Crippen LogP contribution in [0.15, 0.2) is 30.5 Å². The minimum absolute atomic E-state index is 0.186. The second kappa shape index (κ2) is 11.2. The number of rotatable bonds is 11. The standard InChI is InChI=1S/C31H42N6O3/c1-30(2)39-18-25(40-30)8-9-33-27-22-10-20-11-23(27)14-31(12-20,13-22)19-36-28-24(15-32)17-35-29(37-28)34-16-21-6-4-5-7-26(21)38-3/h4-7,17,20,22-23,25,27,33H,8-14,16,18-19H2,1-3H3,(H2,34,35,36,37)/t20?,22-,23+,25-,27?,31?/m1/s1. The van der Waals surface area contributed by atoms with Gasteiger partial charge in [0.2, 0.25) is 5.95 Å². The molecule has 7 rings (SSSR count). The summed E-state index contributed by atoms with van der Waals surface area (Å²) in [6, 6.07) is 10.8. The highest BCUT2D eigenvalue weighted by Gasteiger charge is 2.55. The molecule has 6 atom stereocenters. The van der Waals surface area contributed by atoms with Crippen molar-refractivity contribution in [3.63, 3.8) is 0 Å². The molecule has 1 saturated heterocycles. The summed E-state index contributed by atoms with van der Waals surface area (Å²) in [5, 5.41) is 20.6. The van der Waals surface area contributed by atoms with Gasteiger partial charge in [0.05, 0.1) is 26.0 Å². The van der Waals surface area contributed by atoms with Gasteiger partial charge in [-0.2, -0.15) is 10.2 Å². The molecule has 2 heterocycles. The van der Waals surface area contributed by atoms with Crippen molar-refractivity contribution in [2.45, 2.75) is 76.9 Å². The Morgan fingerprint density at radius 2 is 1.93 bits per heavy atom. The number of nitrogens with zero attached hydrogens (tertiary/aromatic N) is 3. The van der Waals surface area contributed by atoms with Crippen molar-refractivity contribution in [1.29, 1.82) is 5.26 Å². The molecule has 1 aromatic heterocycles. The number of ether oxygens (including phenoxy) is 3. The quantitative estimate of drug-likeness (QED) is 0.369. The van der Waals surface area contributed by atoms with Gasteiger partial charge in [0, 0.05) is 24.7 Å². The lowest BCUT2D eigenvalue weighted by atomic mass is 9.48. The van der Waals surface area contributed by atoms with E-state index in [1.165, 1.54) is 32.1 Å². The zero-order chi connectivity index (χ0) is 27.7. The molecule has 0 radical (unpaired) electrons. The molecule has 40 heavy (non-hydrogen) atoms. The fraction of sp³-hybridized carbons (Fsp3) is 0.645. The highest BCUT2D eigenvalue weighted by molar-refractivity contribution is 5.53. The van der Waals surface area contributed by atoms with Gasteiger partial charge < -0.3 is 30.2 Å². The van der Waals surface area contributed by atoms with Crippen molar-refractivity contribution >= 4 is 11.8 Å². The summed E-state index contributed by atoms with van der Waals surface area (Å²) in [6.45, 7) is 7.04. The first kappa shape index (κ1) is 27.3. The highest BCUT2D eigenvalue weighted by Crippen LogP contribution is 2.60. The molecule has 4 saturated carbocycles. The van der Waals surface area contributed by atoms with Gasteiger partial charge in [-0.1, -0.05) is 18.2 Å². The maximum atomic E-state index is 9.74. The fourth-order valence-electron chi connectivity index (χ4n) is 8.04. The zero-order valence-corrected chi connectivity index (χ0v) is 23.9. The SMILES string of the molecule is COc1ccccc1CNc1ncc(C#N)c(NCC23CC4C[C@H](C2)C(NCC[C@@H]2COC(C)(C)O2)[C@@H](C4)C3)n1. The number of aromatic nitrogens is 2. The number of para-hydroxylation sites is 1. The van der Waals surface area contributed by atoms with Gasteiger partial charge in [-0.25, -0.2) is 4.98 Å². The van der Waals surface area contributed by atoms with E-state index in [1.807, 2.05) is 38.1 Å². The summed E-state index contributed by atoms with van der Waals surface area (Å²) in [5.41, 5.74) is 1.77. The number of methoxy groups -OCH3 is 1. The van der Waals surface area contributed by atoms with E-state index in [0.29, 0.717) is 48.4 Å². The van der Waals surface area contributed by atoms with Gasteiger partial charge in [0.15, 0.2) is 5.79 Å². The second-order valence-electron chi connectivity index (χ2n) is 12.8. The van der Waals surface area contributed by atoms with Crippen LogP contribution in [0, 0.1) is 34.5 Å². The molecule has 2 aromatic rings. The number of nitriles is 1. The first-order chi connectivity index (χ1) is 19.4. The first-order valence-electron chi connectivity index (χ1n) is 14.8. The Hall–Kier alpha value is -2.93. The van der Waals surface area contributed by atoms with E-state index in [9.17, 15) is 5.26 Å². The predicted molar refractivity (Wildman–Crippen MR) is 153 cm³/mol. The Kier molecular flexibility index (Phi) is 7.60. The van der Waals surface area contributed by atoms with Gasteiger partial charge in [-0.15, -0.1) is 0 Å². The Morgan fingerprint density at radius 3 is 2.65 bits per heavy atom. The van der Waals surface area contributed by atoms with E-state index in [2.05, 4.69) is 27.0 Å². The van der Waals surface area contributed by atoms with Crippen molar-refractivity contribution < 1.29 is 14.2 Å². The largest absolute Gasteiger partial charge is 0.496 e. The third kappa shape index (κ3) is 5.76. The summed E-state index contributed by atoms with van der Waals surface area (Å²) in [7, 11) is 1.67. The van der Waals surface area contributed by atoms with E-state index in [1.54, 1.807) is 13.3 Å². The van der Waals surface area contributed by atoms with Crippen molar-refractivity contribution in [2.24, 2.45) is 23.2 Å². The third-order valence-corrected chi connectivity index (χ3v) is 9.48. The molecular weight excluding hydrogens is 504 g/mol. The van der Waals surface area contributed by atoms with E-state index >= 15 is 0 Å². The van der Waals surface area contributed by atoms with Crippen LogP contribution in [0.4, 0.5) is 11.8 Å². The summed E-state index contributed by atoms with van der Waals surface area (Å²) in [6.07, 6.45) is 9.19. The van der Waals surface area contributed by atoms with Crippen molar-refractivity contribution in [2.75, 3.05) is 37.4 Å². The molecule has 9 heteroatoms. The Labute approximate surface area is 237 Å². The summed E-state index contributed by atoms with van der Waals surface area (Å²) >= 11 is 0. The Balaban J connectivity index is 1.06. The molecule has 0 amide bonds. The van der Waals surface area contributed by atoms with Gasteiger partial charge in [0.25, 0.3) is 0 Å². The van der Waals surface area contributed by atoms with Crippen LogP contribution in [-0.2, 0) is 16.0 Å². The molecule has 4 bridgehead atoms. The van der Waals surface area contributed by atoms with E-state index < -0.39 is 5.79 Å². The lowest BCUT2D eigenvalue weighted by Gasteiger charge is -2.60. The first-order valence-corrected chi connectivity index (χ1v) is 14.8. The maximum absolute atomic E-state index is 9.74. The number of hydrogen-bond acceptors (Lipinski definition) is 9. The molecule has 1 aromatic carbocycles. The van der Waals surface area contributed by atoms with Crippen LogP contribution in [0.25, 0.3) is 0 Å². The van der Waals surface area contributed by atoms with Gasteiger partial charge in [-0.3, -0.25) is 0 Å². The average Bonchev–Trinajstić information content (AvgIpc) is 3.30. The molecule has 1 aliphatic heterocycles. The van der Waals surface area contributed by atoms with Crippen LogP contribution in [0.3, 0.4) is 0 Å². The number of hydrogen-bond donors (Lipinski definition) is 3. The fourth-order valence-corrected chi connectivity index (χ4v) is 8.04. The van der Waals surface area contributed by atoms with Crippen molar-refractivity contribution in [1.82, 2.24) is 15.3 Å². The normalized spacial score (nSPS) is 31.6. The molecule has 3 N–H and O–H groups in total. The maximum Gasteiger partial charge on any atom is 0.224 e. The molecule has 9 nitrogen and oxygen atoms in total. The molecule has 4 aliphatic carbocycles. The zero-order valence-electron chi connectivity index (χ0n) is 23.9. The lowest BCUT2D eigenvalue weighted by molar-refractivity contribution is -0.139. The van der Waals surface area contributed by atoms with Crippen LogP contribution in [0.5, 0.6) is 5.75 Å². The van der Waals surface area contributed by atoms with Crippen LogP contribution in [0.1, 0.15) is 63.5 Å².